The Morgan fingerprint density at radius 1 is 1.77 bits per heavy atom. The van der Waals surface area contributed by atoms with Crippen LogP contribution in [0.3, 0.4) is 0 Å². The summed E-state index contributed by atoms with van der Waals surface area (Å²) in [7, 11) is 1.77. The second kappa shape index (κ2) is 4.74. The Labute approximate surface area is 76.5 Å². The van der Waals surface area contributed by atoms with Gasteiger partial charge in [0.25, 0.3) is 0 Å². The minimum absolute atomic E-state index is 0.0437. The van der Waals surface area contributed by atoms with E-state index in [1.165, 1.54) is 0 Å². The van der Waals surface area contributed by atoms with Crippen LogP contribution in [0.25, 0.3) is 0 Å². The molecule has 0 aromatic carbocycles. The first-order valence-corrected chi connectivity index (χ1v) is 4.04. The fraction of sp³-hybridized carbons (Fsp3) is 0.500. The average Bonchev–Trinajstić information content (AvgIpc) is 2.52. The first kappa shape index (κ1) is 9.88. The van der Waals surface area contributed by atoms with Gasteiger partial charge in [0, 0.05) is 26.0 Å². The molecule has 0 aliphatic carbocycles. The summed E-state index contributed by atoms with van der Waals surface area (Å²) < 4.78 is 6.66. The predicted molar refractivity (Wildman–Crippen MR) is 47.4 cm³/mol. The van der Waals surface area contributed by atoms with Gasteiger partial charge in [-0.2, -0.15) is 0 Å². The van der Waals surface area contributed by atoms with Gasteiger partial charge in [-0.3, -0.25) is 4.79 Å². The van der Waals surface area contributed by atoms with E-state index in [0.717, 1.165) is 0 Å². The first-order chi connectivity index (χ1) is 6.25. The molecule has 2 N–H and O–H groups in total. The van der Waals surface area contributed by atoms with E-state index in [-0.39, 0.29) is 12.4 Å². The standard InChI is InChI=1S/C8H13N3O2/c1-11-4-3-10-8(11)7(12)6-13-5-2-9/h3-4H,2,5-6,9H2,1H3. The molecule has 0 aliphatic heterocycles. The summed E-state index contributed by atoms with van der Waals surface area (Å²) in [6, 6.07) is 0. The molecule has 0 fully saturated rings. The van der Waals surface area contributed by atoms with Crippen molar-refractivity contribution in [1.29, 1.82) is 0 Å². The van der Waals surface area contributed by atoms with Crippen LogP contribution in [0, 0.1) is 0 Å². The molecular formula is C8H13N3O2. The fourth-order valence-electron chi connectivity index (χ4n) is 0.947. The van der Waals surface area contributed by atoms with Crippen molar-refractivity contribution in [3.05, 3.63) is 18.2 Å². The number of rotatable bonds is 5. The van der Waals surface area contributed by atoms with Crippen LogP contribution in [-0.4, -0.2) is 35.1 Å². The molecule has 0 unspecified atom stereocenters. The molecule has 0 amide bonds. The molecule has 1 aromatic heterocycles. The van der Waals surface area contributed by atoms with E-state index in [1.54, 1.807) is 24.0 Å². The maximum Gasteiger partial charge on any atom is 0.223 e. The van der Waals surface area contributed by atoms with E-state index in [0.29, 0.717) is 19.0 Å². The predicted octanol–water partition coefficient (Wildman–Crippen LogP) is -0.422. The summed E-state index contributed by atoms with van der Waals surface area (Å²) in [5.41, 5.74) is 5.21. The van der Waals surface area contributed by atoms with Crippen LogP contribution in [-0.2, 0) is 11.8 Å². The highest BCUT2D eigenvalue weighted by Gasteiger charge is 2.09. The van der Waals surface area contributed by atoms with Crippen LogP contribution in [0.4, 0.5) is 0 Å². The van der Waals surface area contributed by atoms with Gasteiger partial charge < -0.3 is 15.0 Å². The topological polar surface area (TPSA) is 70.1 Å². The molecule has 0 spiro atoms. The molecule has 0 bridgehead atoms. The highest BCUT2D eigenvalue weighted by molar-refractivity contribution is 5.93. The van der Waals surface area contributed by atoms with Crippen molar-refractivity contribution in [3.8, 4) is 0 Å². The summed E-state index contributed by atoms with van der Waals surface area (Å²) in [4.78, 5) is 15.2. The zero-order chi connectivity index (χ0) is 9.68. The second-order valence-electron chi connectivity index (χ2n) is 2.63. The lowest BCUT2D eigenvalue weighted by molar-refractivity contribution is 0.0760. The Kier molecular flexibility index (Phi) is 3.60. The number of hydrogen-bond acceptors (Lipinski definition) is 4. The molecule has 0 saturated heterocycles. The number of carbonyl (C=O) groups is 1. The summed E-state index contributed by atoms with van der Waals surface area (Å²) >= 11 is 0. The third kappa shape index (κ3) is 2.64. The van der Waals surface area contributed by atoms with Crippen molar-refractivity contribution >= 4 is 5.78 Å². The number of nitrogens with two attached hydrogens (primary N) is 1. The van der Waals surface area contributed by atoms with Crippen molar-refractivity contribution in [2.45, 2.75) is 0 Å². The lowest BCUT2D eigenvalue weighted by atomic mass is 10.4. The highest BCUT2D eigenvalue weighted by atomic mass is 16.5. The number of Topliss-reactive ketones (excluding diaryl/α,β-unsaturated/α-hetero) is 1. The Morgan fingerprint density at radius 2 is 2.54 bits per heavy atom. The smallest absolute Gasteiger partial charge is 0.223 e. The third-order valence-electron chi connectivity index (χ3n) is 1.57. The van der Waals surface area contributed by atoms with Gasteiger partial charge in [0.15, 0.2) is 5.82 Å². The van der Waals surface area contributed by atoms with Crippen molar-refractivity contribution in [1.82, 2.24) is 9.55 Å². The molecule has 1 heterocycles. The molecule has 0 saturated carbocycles. The van der Waals surface area contributed by atoms with Gasteiger partial charge in [0.05, 0.1) is 6.61 Å². The summed E-state index contributed by atoms with van der Waals surface area (Å²) in [6.45, 7) is 0.867. The van der Waals surface area contributed by atoms with E-state index in [9.17, 15) is 4.79 Å². The maximum absolute atomic E-state index is 11.4. The normalized spacial score (nSPS) is 10.3. The van der Waals surface area contributed by atoms with E-state index >= 15 is 0 Å². The molecule has 0 aliphatic rings. The highest BCUT2D eigenvalue weighted by Crippen LogP contribution is 1.95. The number of aryl methyl sites for hydroxylation is 1. The van der Waals surface area contributed by atoms with Gasteiger partial charge in [-0.15, -0.1) is 0 Å². The zero-order valence-electron chi connectivity index (χ0n) is 7.56. The molecule has 5 heteroatoms. The lowest BCUT2D eigenvalue weighted by Crippen LogP contribution is -2.17. The van der Waals surface area contributed by atoms with Crippen LogP contribution >= 0.6 is 0 Å². The molecule has 5 nitrogen and oxygen atoms in total. The number of nitrogens with zero attached hydrogens (tertiary/aromatic N) is 2. The lowest BCUT2D eigenvalue weighted by Gasteiger charge is -2.01. The van der Waals surface area contributed by atoms with Crippen molar-refractivity contribution in [3.63, 3.8) is 0 Å². The molecule has 72 valence electrons. The monoisotopic (exact) mass is 183 g/mol. The van der Waals surface area contributed by atoms with Gasteiger partial charge >= 0.3 is 0 Å². The minimum atomic E-state index is -0.124. The number of hydrogen-bond donors (Lipinski definition) is 1. The van der Waals surface area contributed by atoms with Gasteiger partial charge in [-0.25, -0.2) is 4.98 Å². The molecule has 1 rings (SSSR count). The molecule has 13 heavy (non-hydrogen) atoms. The van der Waals surface area contributed by atoms with E-state index in [1.807, 2.05) is 0 Å². The number of ketones is 1. The molecule has 1 aromatic rings. The maximum atomic E-state index is 11.4. The van der Waals surface area contributed by atoms with Gasteiger partial charge in [-0.05, 0) is 0 Å². The van der Waals surface area contributed by atoms with Crippen LogP contribution < -0.4 is 5.73 Å². The van der Waals surface area contributed by atoms with Gasteiger partial charge in [-0.1, -0.05) is 0 Å². The van der Waals surface area contributed by atoms with E-state index in [2.05, 4.69) is 4.98 Å². The molecule has 0 radical (unpaired) electrons. The fourth-order valence-corrected chi connectivity index (χ4v) is 0.947. The number of ether oxygens (including phenoxy) is 1. The van der Waals surface area contributed by atoms with Crippen molar-refractivity contribution in [2.75, 3.05) is 19.8 Å². The average molecular weight is 183 g/mol. The van der Waals surface area contributed by atoms with Crippen molar-refractivity contribution in [2.24, 2.45) is 12.8 Å². The third-order valence-corrected chi connectivity index (χ3v) is 1.57. The van der Waals surface area contributed by atoms with E-state index in [4.69, 9.17) is 10.5 Å². The number of imidazole rings is 1. The summed E-state index contributed by atoms with van der Waals surface area (Å²) in [5, 5.41) is 0. The van der Waals surface area contributed by atoms with Crippen LogP contribution in [0.1, 0.15) is 10.6 Å². The van der Waals surface area contributed by atoms with Crippen molar-refractivity contribution < 1.29 is 9.53 Å². The van der Waals surface area contributed by atoms with Crippen LogP contribution in [0.2, 0.25) is 0 Å². The number of carbonyl (C=O) groups excluding carboxylic acids is 1. The minimum Gasteiger partial charge on any atom is -0.372 e. The Bertz CT molecular complexity index is 283. The van der Waals surface area contributed by atoms with E-state index < -0.39 is 0 Å². The first-order valence-electron chi connectivity index (χ1n) is 4.04. The van der Waals surface area contributed by atoms with Crippen LogP contribution in [0.5, 0.6) is 0 Å². The quantitative estimate of drug-likeness (QED) is 0.497. The largest absolute Gasteiger partial charge is 0.372 e. The summed E-state index contributed by atoms with van der Waals surface area (Å²) in [5.74, 6) is 0.290. The Morgan fingerprint density at radius 3 is 3.08 bits per heavy atom. The second-order valence-corrected chi connectivity index (χ2v) is 2.63. The molecular weight excluding hydrogens is 170 g/mol. The zero-order valence-corrected chi connectivity index (χ0v) is 7.56. The van der Waals surface area contributed by atoms with Crippen LogP contribution in [0.15, 0.2) is 12.4 Å². The Hall–Kier alpha value is -1.20. The molecule has 0 atom stereocenters. The summed E-state index contributed by atoms with van der Waals surface area (Å²) in [6.07, 6.45) is 3.30. The van der Waals surface area contributed by atoms with Gasteiger partial charge in [0.1, 0.15) is 6.61 Å². The Balaban J connectivity index is 2.45. The van der Waals surface area contributed by atoms with Gasteiger partial charge in [0.2, 0.25) is 5.78 Å². The number of aromatic nitrogens is 2. The SMILES string of the molecule is Cn1ccnc1C(=O)COCCN.